The Morgan fingerprint density at radius 3 is 2.37 bits per heavy atom. The third-order valence-corrected chi connectivity index (χ3v) is 4.30. The van der Waals surface area contributed by atoms with Crippen LogP contribution in [0.15, 0.2) is 53.3 Å². The van der Waals surface area contributed by atoms with Crippen molar-refractivity contribution in [1.82, 2.24) is 9.78 Å². The molecule has 0 saturated carbocycles. The van der Waals surface area contributed by atoms with E-state index in [0.717, 1.165) is 4.68 Å². The van der Waals surface area contributed by atoms with Gasteiger partial charge in [0.1, 0.15) is 12.3 Å². The van der Waals surface area contributed by atoms with Crippen molar-refractivity contribution in [2.75, 3.05) is 18.5 Å². The fraction of sp³-hybridized carbons (Fsp3) is 0.273. The topological polar surface area (TPSA) is 99.5 Å². The number of ether oxygens (including phenoxy) is 2. The van der Waals surface area contributed by atoms with E-state index in [4.69, 9.17) is 9.47 Å². The molecule has 3 rings (SSSR count). The van der Waals surface area contributed by atoms with Crippen molar-refractivity contribution in [2.45, 2.75) is 26.8 Å². The lowest BCUT2D eigenvalue weighted by Crippen LogP contribution is -2.31. The van der Waals surface area contributed by atoms with Crippen molar-refractivity contribution >= 4 is 28.3 Å². The lowest BCUT2D eigenvalue weighted by molar-refractivity contribution is -0.142. The highest BCUT2D eigenvalue weighted by Crippen LogP contribution is 2.16. The van der Waals surface area contributed by atoms with Crippen LogP contribution in [0.5, 0.6) is 5.75 Å². The van der Waals surface area contributed by atoms with Gasteiger partial charge in [-0.25, -0.2) is 4.68 Å². The first kappa shape index (κ1) is 21.0. The fourth-order valence-corrected chi connectivity index (χ4v) is 3.03. The Balaban J connectivity index is 1.84. The van der Waals surface area contributed by atoms with Crippen LogP contribution in [0.2, 0.25) is 0 Å². The highest BCUT2D eigenvalue weighted by atomic mass is 16.5. The van der Waals surface area contributed by atoms with Crippen LogP contribution in [0.3, 0.4) is 0 Å². The van der Waals surface area contributed by atoms with E-state index in [-0.39, 0.29) is 19.6 Å². The summed E-state index contributed by atoms with van der Waals surface area (Å²) >= 11 is 0. The summed E-state index contributed by atoms with van der Waals surface area (Å²) in [6.45, 7) is 4.12. The zero-order valence-corrected chi connectivity index (χ0v) is 16.9. The predicted molar refractivity (Wildman–Crippen MR) is 113 cm³/mol. The highest BCUT2D eigenvalue weighted by molar-refractivity contribution is 5.91. The molecule has 0 spiro atoms. The van der Waals surface area contributed by atoms with Gasteiger partial charge in [0.05, 0.1) is 30.7 Å². The number of hydrogen-bond acceptors (Lipinski definition) is 6. The second-order valence-corrected chi connectivity index (χ2v) is 6.44. The number of nitrogens with zero attached hydrogens (tertiary/aromatic N) is 2. The summed E-state index contributed by atoms with van der Waals surface area (Å²) in [7, 11) is 0. The molecule has 0 aliphatic heterocycles. The van der Waals surface area contributed by atoms with Crippen LogP contribution in [0, 0.1) is 0 Å². The summed E-state index contributed by atoms with van der Waals surface area (Å²) in [6, 6.07) is 13.8. The molecule has 0 aliphatic rings. The zero-order chi connectivity index (χ0) is 21.5. The molecule has 2 aromatic carbocycles. The number of carbonyl (C=O) groups excluding carboxylic acids is 2. The number of rotatable bonds is 8. The third kappa shape index (κ3) is 5.02. The largest absolute Gasteiger partial charge is 0.494 e. The molecule has 0 radical (unpaired) electrons. The number of carbonyl (C=O) groups is 2. The van der Waals surface area contributed by atoms with Crippen molar-refractivity contribution < 1.29 is 19.1 Å². The predicted octanol–water partition coefficient (Wildman–Crippen LogP) is 2.54. The molecule has 8 nitrogen and oxygen atoms in total. The Morgan fingerprint density at radius 1 is 1.00 bits per heavy atom. The number of fused-ring (bicyclic) bond motifs is 1. The molecule has 1 N–H and O–H groups in total. The van der Waals surface area contributed by atoms with Gasteiger partial charge in [-0.3, -0.25) is 14.4 Å². The highest BCUT2D eigenvalue weighted by Gasteiger charge is 2.16. The van der Waals surface area contributed by atoms with Crippen molar-refractivity contribution in [1.29, 1.82) is 0 Å². The molecule has 0 atom stereocenters. The number of anilines is 1. The summed E-state index contributed by atoms with van der Waals surface area (Å²) in [5.41, 5.74) is 0.557. The van der Waals surface area contributed by atoms with Gasteiger partial charge in [-0.2, -0.15) is 5.10 Å². The molecule has 1 heterocycles. The fourth-order valence-electron chi connectivity index (χ4n) is 3.03. The van der Waals surface area contributed by atoms with Crippen LogP contribution in [0.1, 0.15) is 19.5 Å². The van der Waals surface area contributed by atoms with E-state index >= 15 is 0 Å². The summed E-state index contributed by atoms with van der Waals surface area (Å²) < 4.78 is 11.4. The summed E-state index contributed by atoms with van der Waals surface area (Å²) in [5, 5.41) is 7.95. The van der Waals surface area contributed by atoms with Crippen LogP contribution in [-0.4, -0.2) is 34.9 Å². The van der Waals surface area contributed by atoms with Crippen molar-refractivity contribution in [2.24, 2.45) is 0 Å². The van der Waals surface area contributed by atoms with E-state index in [1.54, 1.807) is 55.5 Å². The van der Waals surface area contributed by atoms with Crippen LogP contribution in [0.25, 0.3) is 10.8 Å². The average molecular weight is 409 g/mol. The van der Waals surface area contributed by atoms with Crippen LogP contribution in [0.4, 0.5) is 5.69 Å². The molecule has 0 unspecified atom stereocenters. The van der Waals surface area contributed by atoms with Gasteiger partial charge in [-0.1, -0.05) is 18.2 Å². The molecular formula is C22H23N3O5. The maximum absolute atomic E-state index is 12.8. The maximum atomic E-state index is 12.8. The molecule has 0 saturated heterocycles. The van der Waals surface area contributed by atoms with Gasteiger partial charge in [-0.15, -0.1) is 0 Å². The average Bonchev–Trinajstić information content (AvgIpc) is 2.73. The Morgan fingerprint density at radius 2 is 1.70 bits per heavy atom. The van der Waals surface area contributed by atoms with Gasteiger partial charge >= 0.3 is 5.97 Å². The first-order chi connectivity index (χ1) is 14.5. The molecular weight excluding hydrogens is 386 g/mol. The Labute approximate surface area is 173 Å². The minimum absolute atomic E-state index is 0.0882. The van der Waals surface area contributed by atoms with E-state index in [2.05, 4.69) is 10.4 Å². The molecule has 0 aliphatic carbocycles. The van der Waals surface area contributed by atoms with E-state index in [0.29, 0.717) is 34.5 Å². The first-order valence-corrected chi connectivity index (χ1v) is 9.69. The summed E-state index contributed by atoms with van der Waals surface area (Å²) in [5.74, 6) is -0.156. The molecule has 8 heteroatoms. The third-order valence-electron chi connectivity index (χ3n) is 4.30. The number of esters is 1. The van der Waals surface area contributed by atoms with Gasteiger partial charge in [0, 0.05) is 11.1 Å². The van der Waals surface area contributed by atoms with E-state index in [1.165, 1.54) is 0 Å². The number of aromatic nitrogens is 2. The smallest absolute Gasteiger partial charge is 0.311 e. The first-order valence-electron chi connectivity index (χ1n) is 9.69. The Hall–Kier alpha value is -3.68. The van der Waals surface area contributed by atoms with Gasteiger partial charge in [0.25, 0.3) is 5.56 Å². The monoisotopic (exact) mass is 409 g/mol. The lowest BCUT2D eigenvalue weighted by atomic mass is 10.1. The maximum Gasteiger partial charge on any atom is 0.311 e. The van der Waals surface area contributed by atoms with Crippen molar-refractivity contribution in [3.8, 4) is 5.75 Å². The van der Waals surface area contributed by atoms with Gasteiger partial charge < -0.3 is 14.8 Å². The van der Waals surface area contributed by atoms with E-state index in [1.807, 2.05) is 6.92 Å². The summed E-state index contributed by atoms with van der Waals surface area (Å²) in [4.78, 5) is 37.2. The van der Waals surface area contributed by atoms with Crippen LogP contribution in [-0.2, 0) is 27.3 Å². The minimum Gasteiger partial charge on any atom is -0.494 e. The Kier molecular flexibility index (Phi) is 6.79. The molecule has 1 aromatic heterocycles. The quantitative estimate of drug-likeness (QED) is 0.574. The SMILES string of the molecule is CCOC(=O)Cc1nn(CC(=O)Nc2ccc(OCC)cc2)c(=O)c2ccccc12. The molecule has 0 fully saturated rings. The van der Waals surface area contributed by atoms with Gasteiger partial charge in [-0.05, 0) is 44.2 Å². The summed E-state index contributed by atoms with van der Waals surface area (Å²) in [6.07, 6.45) is -0.0882. The number of hydrogen-bond donors (Lipinski definition) is 1. The zero-order valence-electron chi connectivity index (χ0n) is 16.9. The van der Waals surface area contributed by atoms with Crippen molar-refractivity contribution in [3.05, 3.63) is 64.6 Å². The van der Waals surface area contributed by atoms with Crippen LogP contribution >= 0.6 is 0 Å². The number of nitrogens with one attached hydrogen (secondary N) is 1. The second kappa shape index (κ2) is 9.69. The molecule has 30 heavy (non-hydrogen) atoms. The van der Waals surface area contributed by atoms with E-state index < -0.39 is 17.4 Å². The molecule has 156 valence electrons. The number of benzene rings is 2. The minimum atomic E-state index is -0.445. The molecule has 0 bridgehead atoms. The Bertz CT molecular complexity index is 1110. The second-order valence-electron chi connectivity index (χ2n) is 6.44. The van der Waals surface area contributed by atoms with Gasteiger partial charge in [0.2, 0.25) is 5.91 Å². The lowest BCUT2D eigenvalue weighted by Gasteiger charge is -2.11. The number of amides is 1. The molecule has 1 amide bonds. The van der Waals surface area contributed by atoms with Crippen molar-refractivity contribution in [3.63, 3.8) is 0 Å². The standard InChI is InChI=1S/C22H23N3O5/c1-3-29-16-11-9-15(10-12-16)23-20(26)14-25-22(28)18-8-6-5-7-17(18)19(24-25)13-21(27)30-4-2/h5-12H,3-4,13-14H2,1-2H3,(H,23,26). The van der Waals surface area contributed by atoms with Gasteiger partial charge in [0.15, 0.2) is 0 Å². The molecule has 3 aromatic rings. The van der Waals surface area contributed by atoms with Crippen LogP contribution < -0.4 is 15.6 Å². The van der Waals surface area contributed by atoms with E-state index in [9.17, 15) is 14.4 Å². The normalized spacial score (nSPS) is 10.6.